The minimum atomic E-state index is -0.412. The van der Waals surface area contributed by atoms with Crippen molar-refractivity contribution < 1.29 is 14.8 Å². The van der Waals surface area contributed by atoms with Crippen molar-refractivity contribution >= 4 is 5.69 Å². The fraction of sp³-hybridized carbons (Fsp3) is 0.455. The van der Waals surface area contributed by atoms with E-state index in [0.29, 0.717) is 24.3 Å². The van der Waals surface area contributed by atoms with E-state index in [0.717, 1.165) is 6.42 Å². The van der Waals surface area contributed by atoms with Gasteiger partial charge in [0, 0.05) is 18.2 Å². The lowest BCUT2D eigenvalue weighted by Gasteiger charge is -2.06. The normalized spacial score (nSPS) is 10.1. The summed E-state index contributed by atoms with van der Waals surface area (Å²) >= 11 is 0. The average Bonchev–Trinajstić information content (AvgIpc) is 2.24. The number of unbranched alkanes of at least 4 members (excludes halogenated alkanes) is 1. The lowest BCUT2D eigenvalue weighted by molar-refractivity contribution is -0.385. The van der Waals surface area contributed by atoms with E-state index >= 15 is 0 Å². The third-order valence-corrected chi connectivity index (χ3v) is 2.19. The van der Waals surface area contributed by atoms with Gasteiger partial charge in [0.05, 0.1) is 11.5 Å². The molecule has 0 spiro atoms. The lowest BCUT2D eigenvalue weighted by Crippen LogP contribution is -1.99. The minimum absolute atomic E-state index is 0.0997. The summed E-state index contributed by atoms with van der Waals surface area (Å²) in [6, 6.07) is 4.68. The number of nitro benzene ring substituents is 1. The zero-order chi connectivity index (χ0) is 12.0. The molecule has 0 amide bonds. The van der Waals surface area contributed by atoms with E-state index in [1.807, 2.05) is 0 Å². The van der Waals surface area contributed by atoms with Gasteiger partial charge in [0.2, 0.25) is 0 Å². The van der Waals surface area contributed by atoms with Gasteiger partial charge in [-0.05, 0) is 31.9 Å². The third-order valence-electron chi connectivity index (χ3n) is 2.19. The fourth-order valence-corrected chi connectivity index (χ4v) is 1.33. The topological polar surface area (TPSA) is 72.6 Å². The van der Waals surface area contributed by atoms with Crippen LogP contribution in [0.3, 0.4) is 0 Å². The third kappa shape index (κ3) is 3.51. The van der Waals surface area contributed by atoms with E-state index < -0.39 is 4.92 Å². The number of aliphatic hydroxyl groups is 1. The zero-order valence-electron chi connectivity index (χ0n) is 9.18. The van der Waals surface area contributed by atoms with Crippen molar-refractivity contribution in [2.75, 3.05) is 13.2 Å². The van der Waals surface area contributed by atoms with Crippen molar-refractivity contribution in [2.24, 2.45) is 0 Å². The van der Waals surface area contributed by atoms with Crippen molar-refractivity contribution in [1.82, 2.24) is 0 Å². The number of nitro groups is 1. The minimum Gasteiger partial charge on any atom is -0.494 e. The molecule has 16 heavy (non-hydrogen) atoms. The summed E-state index contributed by atoms with van der Waals surface area (Å²) in [5, 5.41) is 19.1. The van der Waals surface area contributed by atoms with Crippen LogP contribution < -0.4 is 4.74 Å². The quantitative estimate of drug-likeness (QED) is 0.457. The Balaban J connectivity index is 2.56. The molecule has 0 aliphatic rings. The van der Waals surface area contributed by atoms with Crippen LogP contribution >= 0.6 is 0 Å². The van der Waals surface area contributed by atoms with E-state index in [-0.39, 0.29) is 12.3 Å². The van der Waals surface area contributed by atoms with Crippen LogP contribution in [0.5, 0.6) is 5.75 Å². The molecule has 1 rings (SSSR count). The fourth-order valence-electron chi connectivity index (χ4n) is 1.33. The van der Waals surface area contributed by atoms with Crippen LogP contribution in [0.15, 0.2) is 18.2 Å². The molecule has 1 N–H and O–H groups in total. The number of ether oxygens (including phenoxy) is 1. The summed E-state index contributed by atoms with van der Waals surface area (Å²) in [7, 11) is 0. The van der Waals surface area contributed by atoms with Crippen molar-refractivity contribution in [1.29, 1.82) is 0 Å². The van der Waals surface area contributed by atoms with Gasteiger partial charge in [-0.25, -0.2) is 0 Å². The SMILES string of the molecule is Cc1cc(OCCCCO)ccc1[N+](=O)[O-]. The number of benzene rings is 1. The predicted octanol–water partition coefficient (Wildman–Crippen LogP) is 2.05. The molecule has 5 nitrogen and oxygen atoms in total. The van der Waals surface area contributed by atoms with E-state index in [1.165, 1.54) is 6.07 Å². The molecule has 0 aromatic heterocycles. The summed E-state index contributed by atoms with van der Waals surface area (Å²) in [4.78, 5) is 10.2. The molecule has 0 saturated carbocycles. The summed E-state index contributed by atoms with van der Waals surface area (Å²) in [5.41, 5.74) is 0.687. The van der Waals surface area contributed by atoms with Crippen LogP contribution in [-0.2, 0) is 0 Å². The molecule has 0 fully saturated rings. The zero-order valence-corrected chi connectivity index (χ0v) is 9.18. The predicted molar refractivity (Wildman–Crippen MR) is 59.6 cm³/mol. The second-order valence-electron chi connectivity index (χ2n) is 3.48. The van der Waals surface area contributed by atoms with Crippen LogP contribution in [0.25, 0.3) is 0 Å². The van der Waals surface area contributed by atoms with Gasteiger partial charge in [0.25, 0.3) is 5.69 Å². The Labute approximate surface area is 93.8 Å². The highest BCUT2D eigenvalue weighted by Crippen LogP contribution is 2.23. The number of hydrogen-bond donors (Lipinski definition) is 1. The smallest absolute Gasteiger partial charge is 0.272 e. The highest BCUT2D eigenvalue weighted by atomic mass is 16.6. The summed E-state index contributed by atoms with van der Waals surface area (Å²) < 4.78 is 5.39. The first kappa shape index (κ1) is 12.4. The van der Waals surface area contributed by atoms with Crippen LogP contribution in [0, 0.1) is 17.0 Å². The Bertz CT molecular complexity index is 365. The van der Waals surface area contributed by atoms with Gasteiger partial charge in [-0.1, -0.05) is 0 Å². The highest BCUT2D eigenvalue weighted by molar-refractivity contribution is 5.44. The Morgan fingerprint density at radius 3 is 2.75 bits per heavy atom. The van der Waals surface area contributed by atoms with E-state index in [9.17, 15) is 10.1 Å². The molecule has 1 aromatic carbocycles. The standard InChI is InChI=1S/C11H15NO4/c1-9-8-10(16-7-3-2-6-13)4-5-11(9)12(14)15/h4-5,8,13H,2-3,6-7H2,1H3. The van der Waals surface area contributed by atoms with Gasteiger partial charge in [-0.2, -0.15) is 0 Å². The molecule has 0 unspecified atom stereocenters. The Hall–Kier alpha value is -1.62. The number of aryl methyl sites for hydroxylation is 1. The Kier molecular flexibility index (Phi) is 4.72. The first-order chi connectivity index (χ1) is 7.65. The molecule has 88 valence electrons. The monoisotopic (exact) mass is 225 g/mol. The Morgan fingerprint density at radius 2 is 2.19 bits per heavy atom. The van der Waals surface area contributed by atoms with Gasteiger partial charge in [-0.3, -0.25) is 10.1 Å². The average molecular weight is 225 g/mol. The summed E-state index contributed by atoms with van der Waals surface area (Å²) in [6.45, 7) is 2.35. The van der Waals surface area contributed by atoms with Crippen LogP contribution in [0.4, 0.5) is 5.69 Å². The molecule has 0 bridgehead atoms. The summed E-state index contributed by atoms with van der Waals surface area (Å²) in [5.74, 6) is 0.626. The van der Waals surface area contributed by atoms with Crippen LogP contribution in [0.1, 0.15) is 18.4 Å². The van der Waals surface area contributed by atoms with Gasteiger partial charge >= 0.3 is 0 Å². The Morgan fingerprint density at radius 1 is 1.44 bits per heavy atom. The van der Waals surface area contributed by atoms with Gasteiger partial charge in [-0.15, -0.1) is 0 Å². The number of rotatable bonds is 6. The lowest BCUT2D eigenvalue weighted by atomic mass is 10.2. The van der Waals surface area contributed by atoms with E-state index in [4.69, 9.17) is 9.84 Å². The maximum Gasteiger partial charge on any atom is 0.272 e. The maximum atomic E-state index is 10.6. The second-order valence-corrected chi connectivity index (χ2v) is 3.48. The van der Waals surface area contributed by atoms with Crippen molar-refractivity contribution in [3.8, 4) is 5.75 Å². The number of aliphatic hydroxyl groups excluding tert-OH is 1. The number of nitrogens with zero attached hydrogens (tertiary/aromatic N) is 1. The van der Waals surface area contributed by atoms with Gasteiger partial charge in [0.15, 0.2) is 0 Å². The molecular formula is C11H15NO4. The van der Waals surface area contributed by atoms with Crippen molar-refractivity contribution in [2.45, 2.75) is 19.8 Å². The first-order valence-electron chi connectivity index (χ1n) is 5.14. The van der Waals surface area contributed by atoms with Gasteiger partial charge in [0.1, 0.15) is 5.75 Å². The van der Waals surface area contributed by atoms with Gasteiger partial charge < -0.3 is 9.84 Å². The molecule has 0 atom stereocenters. The molecule has 0 radical (unpaired) electrons. The molecule has 0 aliphatic heterocycles. The summed E-state index contributed by atoms with van der Waals surface area (Å²) in [6.07, 6.45) is 1.47. The first-order valence-corrected chi connectivity index (χ1v) is 5.14. The van der Waals surface area contributed by atoms with Crippen LogP contribution in [0.2, 0.25) is 0 Å². The molecular weight excluding hydrogens is 210 g/mol. The number of hydrogen-bond acceptors (Lipinski definition) is 4. The molecule has 0 saturated heterocycles. The maximum absolute atomic E-state index is 10.6. The van der Waals surface area contributed by atoms with Crippen molar-refractivity contribution in [3.05, 3.63) is 33.9 Å². The molecule has 0 aliphatic carbocycles. The van der Waals surface area contributed by atoms with E-state index in [2.05, 4.69) is 0 Å². The molecule has 5 heteroatoms. The van der Waals surface area contributed by atoms with E-state index in [1.54, 1.807) is 19.1 Å². The molecule has 1 aromatic rings. The second kappa shape index (κ2) is 6.07. The van der Waals surface area contributed by atoms with Crippen LogP contribution in [-0.4, -0.2) is 23.2 Å². The largest absolute Gasteiger partial charge is 0.494 e. The van der Waals surface area contributed by atoms with Crippen molar-refractivity contribution in [3.63, 3.8) is 0 Å². The highest BCUT2D eigenvalue weighted by Gasteiger charge is 2.10. The molecule has 0 heterocycles.